The third-order valence-electron chi connectivity index (χ3n) is 4.13. The third kappa shape index (κ3) is 4.05. The van der Waals surface area contributed by atoms with Crippen molar-refractivity contribution in [3.05, 3.63) is 47.5 Å². The molecule has 0 spiro atoms. The molecule has 3 rings (SSSR count). The van der Waals surface area contributed by atoms with Crippen LogP contribution in [0.15, 0.2) is 36.4 Å². The van der Waals surface area contributed by atoms with E-state index in [-0.39, 0.29) is 13.2 Å². The number of methoxy groups -OCH3 is 2. The van der Waals surface area contributed by atoms with Gasteiger partial charge in [0.05, 0.1) is 26.7 Å². The largest absolute Gasteiger partial charge is 0.497 e. The maximum absolute atomic E-state index is 12.7. The number of amides is 1. The van der Waals surface area contributed by atoms with E-state index < -0.39 is 17.9 Å². The molecule has 0 aromatic heterocycles. The number of carboxylic acids is 1. The summed E-state index contributed by atoms with van der Waals surface area (Å²) >= 11 is 0. The molecule has 1 atom stereocenters. The Bertz CT molecular complexity index is 865. The van der Waals surface area contributed by atoms with Gasteiger partial charge in [0.1, 0.15) is 11.5 Å². The molecule has 27 heavy (non-hydrogen) atoms. The van der Waals surface area contributed by atoms with Gasteiger partial charge in [-0.05, 0) is 30.3 Å². The van der Waals surface area contributed by atoms with Gasteiger partial charge in [-0.3, -0.25) is 9.59 Å². The first kappa shape index (κ1) is 18.4. The molecule has 8 nitrogen and oxygen atoms in total. The molecule has 2 N–H and O–H groups in total. The average molecular weight is 373 g/mol. The van der Waals surface area contributed by atoms with Crippen molar-refractivity contribution in [1.29, 1.82) is 0 Å². The number of carbonyl (C=O) groups excluding carboxylic acids is 1. The van der Waals surface area contributed by atoms with Gasteiger partial charge in [0.2, 0.25) is 6.79 Å². The van der Waals surface area contributed by atoms with Gasteiger partial charge in [0.25, 0.3) is 5.91 Å². The highest BCUT2D eigenvalue weighted by atomic mass is 16.7. The normalized spacial score (nSPS) is 13.0. The molecule has 2 aromatic carbocycles. The van der Waals surface area contributed by atoms with Crippen LogP contribution in [0.4, 0.5) is 0 Å². The number of rotatable bonds is 7. The number of carboxylic acid groups (broad SMARTS) is 1. The van der Waals surface area contributed by atoms with Gasteiger partial charge >= 0.3 is 5.97 Å². The number of fused-ring (bicyclic) bond motifs is 1. The maximum Gasteiger partial charge on any atom is 0.305 e. The summed E-state index contributed by atoms with van der Waals surface area (Å²) in [6.45, 7) is 0.102. The predicted octanol–water partition coefficient (Wildman–Crippen LogP) is 2.38. The zero-order chi connectivity index (χ0) is 19.4. The molecule has 0 unspecified atom stereocenters. The lowest BCUT2D eigenvalue weighted by molar-refractivity contribution is -0.137. The highest BCUT2D eigenvalue weighted by Gasteiger charge is 2.24. The second kappa shape index (κ2) is 7.86. The molecule has 0 saturated carbocycles. The summed E-state index contributed by atoms with van der Waals surface area (Å²) in [5, 5.41) is 12.0. The van der Waals surface area contributed by atoms with E-state index in [0.29, 0.717) is 34.1 Å². The van der Waals surface area contributed by atoms with Crippen LogP contribution in [0.3, 0.4) is 0 Å². The Balaban J connectivity index is 1.87. The van der Waals surface area contributed by atoms with Crippen molar-refractivity contribution in [2.24, 2.45) is 0 Å². The lowest BCUT2D eigenvalue weighted by Gasteiger charge is -2.20. The number of hydrogen-bond donors (Lipinski definition) is 2. The monoisotopic (exact) mass is 373 g/mol. The van der Waals surface area contributed by atoms with E-state index in [4.69, 9.17) is 18.9 Å². The molecule has 1 aliphatic rings. The zero-order valence-electron chi connectivity index (χ0n) is 14.9. The molecule has 1 heterocycles. The van der Waals surface area contributed by atoms with Crippen LogP contribution in [0.5, 0.6) is 23.0 Å². The standard InChI is InChI=1S/C19H19NO7/c1-24-12-4-5-13(16(8-12)25-2)14(9-18(21)22)20-19(23)11-3-6-15-17(7-11)27-10-26-15/h3-8,14H,9-10H2,1-2H3,(H,20,23)(H,21,22)/t14-/m0/s1. The van der Waals surface area contributed by atoms with E-state index in [1.165, 1.54) is 14.2 Å². The van der Waals surface area contributed by atoms with Crippen LogP contribution in [0.25, 0.3) is 0 Å². The van der Waals surface area contributed by atoms with Crippen molar-refractivity contribution < 1.29 is 33.6 Å². The first-order valence-electron chi connectivity index (χ1n) is 8.16. The minimum atomic E-state index is -1.05. The van der Waals surface area contributed by atoms with Gasteiger partial charge in [-0.2, -0.15) is 0 Å². The Kier molecular flexibility index (Phi) is 5.35. The maximum atomic E-state index is 12.7. The first-order valence-corrected chi connectivity index (χ1v) is 8.16. The molecule has 0 radical (unpaired) electrons. The molecule has 8 heteroatoms. The Labute approximate surface area is 155 Å². The van der Waals surface area contributed by atoms with Crippen LogP contribution in [-0.4, -0.2) is 38.0 Å². The van der Waals surface area contributed by atoms with E-state index in [2.05, 4.69) is 5.32 Å². The molecule has 142 valence electrons. The number of carbonyl (C=O) groups is 2. The number of benzene rings is 2. The fourth-order valence-electron chi connectivity index (χ4n) is 2.80. The Morgan fingerprint density at radius 2 is 1.89 bits per heavy atom. The molecular formula is C19H19NO7. The second-order valence-electron chi connectivity index (χ2n) is 5.80. The molecule has 0 fully saturated rings. The van der Waals surface area contributed by atoms with Crippen LogP contribution in [0, 0.1) is 0 Å². The van der Waals surface area contributed by atoms with Crippen LogP contribution in [-0.2, 0) is 4.79 Å². The van der Waals surface area contributed by atoms with Crippen molar-refractivity contribution in [3.8, 4) is 23.0 Å². The summed E-state index contributed by atoms with van der Waals surface area (Å²) in [6.07, 6.45) is -0.307. The summed E-state index contributed by atoms with van der Waals surface area (Å²) in [7, 11) is 2.99. The van der Waals surface area contributed by atoms with Crippen LogP contribution >= 0.6 is 0 Å². The van der Waals surface area contributed by atoms with Crippen molar-refractivity contribution in [2.45, 2.75) is 12.5 Å². The Morgan fingerprint density at radius 1 is 1.11 bits per heavy atom. The minimum absolute atomic E-state index is 0.102. The average Bonchev–Trinajstić information content (AvgIpc) is 3.14. The van der Waals surface area contributed by atoms with Gasteiger partial charge in [0.15, 0.2) is 11.5 Å². The molecule has 0 bridgehead atoms. The lowest BCUT2D eigenvalue weighted by atomic mass is 10.0. The van der Waals surface area contributed by atoms with Crippen LogP contribution < -0.4 is 24.3 Å². The summed E-state index contributed by atoms with van der Waals surface area (Å²) in [6, 6.07) is 8.98. The molecular weight excluding hydrogens is 354 g/mol. The van der Waals surface area contributed by atoms with Gasteiger partial charge in [-0.25, -0.2) is 0 Å². The van der Waals surface area contributed by atoms with E-state index >= 15 is 0 Å². The fourth-order valence-corrected chi connectivity index (χ4v) is 2.80. The quantitative estimate of drug-likeness (QED) is 0.768. The molecule has 0 aliphatic carbocycles. The minimum Gasteiger partial charge on any atom is -0.497 e. The lowest BCUT2D eigenvalue weighted by Crippen LogP contribution is -2.30. The van der Waals surface area contributed by atoms with E-state index in [1.807, 2.05) is 0 Å². The van der Waals surface area contributed by atoms with Crippen LogP contribution in [0.2, 0.25) is 0 Å². The van der Waals surface area contributed by atoms with Crippen molar-refractivity contribution in [3.63, 3.8) is 0 Å². The van der Waals surface area contributed by atoms with E-state index in [1.54, 1.807) is 36.4 Å². The topological polar surface area (TPSA) is 103 Å². The Hall–Kier alpha value is -3.42. The second-order valence-corrected chi connectivity index (χ2v) is 5.80. The Morgan fingerprint density at radius 3 is 2.59 bits per heavy atom. The highest BCUT2D eigenvalue weighted by Crippen LogP contribution is 2.34. The number of hydrogen-bond acceptors (Lipinski definition) is 6. The van der Waals surface area contributed by atoms with Crippen molar-refractivity contribution in [2.75, 3.05) is 21.0 Å². The molecule has 1 aliphatic heterocycles. The van der Waals surface area contributed by atoms with E-state index in [9.17, 15) is 14.7 Å². The smallest absolute Gasteiger partial charge is 0.305 e. The summed E-state index contributed by atoms with van der Waals surface area (Å²) in [5.74, 6) is 0.532. The van der Waals surface area contributed by atoms with Gasteiger partial charge < -0.3 is 29.4 Å². The van der Waals surface area contributed by atoms with Gasteiger partial charge in [-0.15, -0.1) is 0 Å². The van der Waals surface area contributed by atoms with Gasteiger partial charge in [0, 0.05) is 17.2 Å². The number of ether oxygens (including phenoxy) is 4. The van der Waals surface area contributed by atoms with Crippen molar-refractivity contribution in [1.82, 2.24) is 5.32 Å². The summed E-state index contributed by atoms with van der Waals surface area (Å²) in [5.41, 5.74) is 0.872. The van der Waals surface area contributed by atoms with Gasteiger partial charge in [-0.1, -0.05) is 0 Å². The summed E-state index contributed by atoms with van der Waals surface area (Å²) in [4.78, 5) is 24.0. The third-order valence-corrected chi connectivity index (χ3v) is 4.13. The molecule has 0 saturated heterocycles. The van der Waals surface area contributed by atoms with Crippen LogP contribution in [0.1, 0.15) is 28.4 Å². The molecule has 1 amide bonds. The molecule has 2 aromatic rings. The zero-order valence-corrected chi connectivity index (χ0v) is 14.9. The first-order chi connectivity index (χ1) is 13.0. The van der Waals surface area contributed by atoms with Crippen molar-refractivity contribution >= 4 is 11.9 Å². The number of aliphatic carboxylic acids is 1. The van der Waals surface area contributed by atoms with E-state index in [0.717, 1.165) is 0 Å². The number of nitrogens with one attached hydrogen (secondary N) is 1. The predicted molar refractivity (Wildman–Crippen MR) is 94.6 cm³/mol. The SMILES string of the molecule is COc1ccc([C@H](CC(=O)O)NC(=O)c2ccc3c(c2)OCO3)c(OC)c1. The summed E-state index contributed by atoms with van der Waals surface area (Å²) < 4.78 is 21.0. The fraction of sp³-hybridized carbons (Fsp3) is 0.263. The highest BCUT2D eigenvalue weighted by molar-refractivity contribution is 5.95.